The number of carbonyl (C=O) groups excluding carboxylic acids is 2. The maximum atomic E-state index is 12.6. The molecular weight excluding hydrogens is 422 g/mol. The molecular formula is C24H27N5O2S. The summed E-state index contributed by atoms with van der Waals surface area (Å²) in [7, 11) is 0. The highest BCUT2D eigenvalue weighted by Crippen LogP contribution is 2.20. The minimum Gasteiger partial charge on any atom is -0.325 e. The van der Waals surface area contributed by atoms with Crippen molar-refractivity contribution < 1.29 is 9.59 Å². The number of hydrogen-bond donors (Lipinski definition) is 2. The minimum absolute atomic E-state index is 0.0784. The van der Waals surface area contributed by atoms with Gasteiger partial charge in [-0.15, -0.1) is 16.8 Å². The third-order valence-electron chi connectivity index (χ3n) is 4.76. The maximum Gasteiger partial charge on any atom is 0.234 e. The number of nitrogens with zero attached hydrogens (tertiary/aromatic N) is 3. The average Bonchev–Trinajstić information content (AvgIpc) is 3.15. The minimum atomic E-state index is -0.169. The zero-order chi connectivity index (χ0) is 22.9. The summed E-state index contributed by atoms with van der Waals surface area (Å²) in [6.45, 7) is 8.27. The number of aromatic nitrogens is 3. The second kappa shape index (κ2) is 11.3. The lowest BCUT2D eigenvalue weighted by Gasteiger charge is -2.11. The van der Waals surface area contributed by atoms with Crippen LogP contribution >= 0.6 is 11.8 Å². The number of carbonyl (C=O) groups is 2. The Morgan fingerprint density at radius 2 is 1.81 bits per heavy atom. The summed E-state index contributed by atoms with van der Waals surface area (Å²) in [6, 6.07) is 15.3. The summed E-state index contributed by atoms with van der Waals surface area (Å²) in [4.78, 5) is 24.9. The van der Waals surface area contributed by atoms with Crippen molar-refractivity contribution >= 4 is 35.0 Å². The molecule has 0 unspecified atom stereocenters. The third-order valence-corrected chi connectivity index (χ3v) is 5.73. The van der Waals surface area contributed by atoms with Crippen LogP contribution in [0.2, 0.25) is 0 Å². The molecule has 0 bridgehead atoms. The van der Waals surface area contributed by atoms with Gasteiger partial charge in [-0.3, -0.25) is 9.59 Å². The summed E-state index contributed by atoms with van der Waals surface area (Å²) in [6.07, 6.45) is 2.62. The average molecular weight is 450 g/mol. The Labute approximate surface area is 192 Å². The predicted octanol–water partition coefficient (Wildman–Crippen LogP) is 4.25. The molecule has 166 valence electrons. The van der Waals surface area contributed by atoms with E-state index >= 15 is 0 Å². The van der Waals surface area contributed by atoms with Crippen molar-refractivity contribution in [3.05, 3.63) is 78.1 Å². The zero-order valence-corrected chi connectivity index (χ0v) is 19.1. The van der Waals surface area contributed by atoms with Gasteiger partial charge in [0.15, 0.2) is 5.16 Å². The van der Waals surface area contributed by atoms with E-state index in [-0.39, 0.29) is 24.0 Å². The predicted molar refractivity (Wildman–Crippen MR) is 129 cm³/mol. The van der Waals surface area contributed by atoms with Crippen LogP contribution in [0.25, 0.3) is 0 Å². The fourth-order valence-electron chi connectivity index (χ4n) is 3.12. The monoisotopic (exact) mass is 449 g/mol. The molecule has 1 aromatic heterocycles. The molecule has 7 nitrogen and oxygen atoms in total. The summed E-state index contributed by atoms with van der Waals surface area (Å²) in [5, 5.41) is 14.8. The van der Waals surface area contributed by atoms with Gasteiger partial charge in [0.25, 0.3) is 0 Å². The number of hydrogen-bond acceptors (Lipinski definition) is 5. The largest absolute Gasteiger partial charge is 0.325 e. The van der Waals surface area contributed by atoms with Crippen LogP contribution < -0.4 is 10.6 Å². The molecule has 3 rings (SSSR count). The third kappa shape index (κ3) is 6.31. The number of para-hydroxylation sites is 1. The molecule has 0 saturated carbocycles. The van der Waals surface area contributed by atoms with Crippen molar-refractivity contribution in [3.63, 3.8) is 0 Å². The summed E-state index contributed by atoms with van der Waals surface area (Å²) >= 11 is 1.27. The molecule has 0 aliphatic heterocycles. The van der Waals surface area contributed by atoms with Crippen LogP contribution in [0.3, 0.4) is 0 Å². The van der Waals surface area contributed by atoms with E-state index in [1.54, 1.807) is 6.08 Å². The van der Waals surface area contributed by atoms with Gasteiger partial charge in [0.05, 0.1) is 12.2 Å². The Kier molecular flexibility index (Phi) is 8.21. The smallest absolute Gasteiger partial charge is 0.234 e. The molecule has 0 aliphatic carbocycles. The fraction of sp³-hybridized carbons (Fsp3) is 0.250. The molecule has 0 fully saturated rings. The molecule has 2 N–H and O–H groups in total. The van der Waals surface area contributed by atoms with Gasteiger partial charge < -0.3 is 15.2 Å². The van der Waals surface area contributed by atoms with E-state index in [1.807, 2.05) is 66.9 Å². The van der Waals surface area contributed by atoms with Crippen molar-refractivity contribution in [3.8, 4) is 0 Å². The van der Waals surface area contributed by atoms with Gasteiger partial charge in [0, 0.05) is 17.9 Å². The Hall–Kier alpha value is -3.39. The highest BCUT2D eigenvalue weighted by molar-refractivity contribution is 7.99. The zero-order valence-electron chi connectivity index (χ0n) is 18.3. The number of aryl methyl sites for hydroxylation is 2. The van der Waals surface area contributed by atoms with Gasteiger partial charge in [-0.1, -0.05) is 60.7 Å². The summed E-state index contributed by atoms with van der Waals surface area (Å²) in [5.74, 6) is 0.400. The Morgan fingerprint density at radius 1 is 1.06 bits per heavy atom. The highest BCUT2D eigenvalue weighted by atomic mass is 32.2. The molecule has 0 aliphatic rings. The molecule has 32 heavy (non-hydrogen) atoms. The number of rotatable bonds is 10. The van der Waals surface area contributed by atoms with Gasteiger partial charge in [0.2, 0.25) is 11.8 Å². The van der Waals surface area contributed by atoms with Crippen molar-refractivity contribution in [1.29, 1.82) is 0 Å². The molecule has 0 atom stereocenters. The van der Waals surface area contributed by atoms with Crippen LogP contribution in [0.5, 0.6) is 0 Å². The van der Waals surface area contributed by atoms with Crippen molar-refractivity contribution in [2.75, 3.05) is 16.4 Å². The second-order valence-corrected chi connectivity index (χ2v) is 8.18. The van der Waals surface area contributed by atoms with Crippen LogP contribution in [0.4, 0.5) is 11.4 Å². The van der Waals surface area contributed by atoms with E-state index < -0.39 is 0 Å². The Balaban J connectivity index is 1.62. The Morgan fingerprint density at radius 3 is 2.53 bits per heavy atom. The highest BCUT2D eigenvalue weighted by Gasteiger charge is 2.17. The Bertz CT molecular complexity index is 1090. The van der Waals surface area contributed by atoms with Gasteiger partial charge in [-0.25, -0.2) is 0 Å². The molecule has 0 saturated heterocycles. The summed E-state index contributed by atoms with van der Waals surface area (Å²) in [5.41, 5.74) is 3.75. The first kappa shape index (κ1) is 23.3. The quantitative estimate of drug-likeness (QED) is 0.357. The number of thioether (sulfide) groups is 1. The number of allylic oxidation sites excluding steroid dienone is 1. The van der Waals surface area contributed by atoms with Crippen LogP contribution in [-0.4, -0.2) is 32.3 Å². The van der Waals surface area contributed by atoms with Crippen LogP contribution in [0.1, 0.15) is 23.9 Å². The van der Waals surface area contributed by atoms with Crippen molar-refractivity contribution in [2.24, 2.45) is 0 Å². The number of amides is 2. The van der Waals surface area contributed by atoms with E-state index in [4.69, 9.17) is 0 Å². The van der Waals surface area contributed by atoms with E-state index in [1.165, 1.54) is 11.8 Å². The lowest BCUT2D eigenvalue weighted by atomic mass is 10.1. The fourth-order valence-corrected chi connectivity index (χ4v) is 3.89. The molecule has 0 radical (unpaired) electrons. The SMILES string of the molecule is C=CCn1c(CC(=O)Nc2ccccc2CC)nnc1SCC(=O)Nc1ccc(C)cc1. The molecule has 2 aromatic carbocycles. The van der Waals surface area contributed by atoms with Crippen molar-refractivity contribution in [2.45, 2.75) is 38.4 Å². The first-order valence-electron chi connectivity index (χ1n) is 10.4. The molecule has 2 amide bonds. The maximum absolute atomic E-state index is 12.6. The van der Waals surface area contributed by atoms with Gasteiger partial charge >= 0.3 is 0 Å². The lowest BCUT2D eigenvalue weighted by molar-refractivity contribution is -0.116. The number of benzene rings is 2. The van der Waals surface area contributed by atoms with Crippen LogP contribution in [0, 0.1) is 6.92 Å². The first-order chi connectivity index (χ1) is 15.5. The molecule has 8 heteroatoms. The van der Waals surface area contributed by atoms with Gasteiger partial charge in [0.1, 0.15) is 5.82 Å². The summed E-state index contributed by atoms with van der Waals surface area (Å²) < 4.78 is 1.81. The van der Waals surface area contributed by atoms with Crippen molar-refractivity contribution in [1.82, 2.24) is 14.8 Å². The molecule has 1 heterocycles. The van der Waals surface area contributed by atoms with E-state index in [0.717, 1.165) is 28.9 Å². The number of anilines is 2. The van der Waals surface area contributed by atoms with E-state index in [2.05, 4.69) is 27.4 Å². The lowest BCUT2D eigenvalue weighted by Crippen LogP contribution is -2.19. The van der Waals surface area contributed by atoms with E-state index in [0.29, 0.717) is 17.5 Å². The van der Waals surface area contributed by atoms with Gasteiger partial charge in [-0.05, 0) is 37.1 Å². The molecule has 3 aromatic rings. The van der Waals surface area contributed by atoms with Crippen LogP contribution in [0.15, 0.2) is 66.3 Å². The molecule has 0 spiro atoms. The van der Waals surface area contributed by atoms with Crippen LogP contribution in [-0.2, 0) is 29.0 Å². The standard InChI is InChI=1S/C24H27N5O2S/c1-4-14-29-21(15-22(30)26-20-9-7-6-8-18(20)5-2)27-28-24(29)32-16-23(31)25-19-12-10-17(3)11-13-19/h4,6-13H,1,5,14-16H2,2-3H3,(H,25,31)(H,26,30). The topological polar surface area (TPSA) is 88.9 Å². The second-order valence-electron chi connectivity index (χ2n) is 7.24. The van der Waals surface area contributed by atoms with E-state index in [9.17, 15) is 9.59 Å². The van der Waals surface area contributed by atoms with Gasteiger partial charge in [-0.2, -0.15) is 0 Å². The normalized spacial score (nSPS) is 10.6. The number of nitrogens with one attached hydrogen (secondary N) is 2. The first-order valence-corrected chi connectivity index (χ1v) is 11.4.